The molecule has 0 aliphatic rings. The second-order valence-electron chi connectivity index (χ2n) is 5.66. The van der Waals surface area contributed by atoms with Gasteiger partial charge in [-0.15, -0.1) is 11.3 Å². The van der Waals surface area contributed by atoms with E-state index in [2.05, 4.69) is 31.1 Å². The molecule has 2 heterocycles. The van der Waals surface area contributed by atoms with Crippen molar-refractivity contribution in [1.29, 1.82) is 0 Å². The van der Waals surface area contributed by atoms with Crippen LogP contribution in [-0.2, 0) is 17.9 Å². The first-order valence-electron chi connectivity index (χ1n) is 6.62. The molecular weight excluding hydrogens is 270 g/mol. The Kier molecular flexibility index (Phi) is 4.86. The van der Waals surface area contributed by atoms with Crippen LogP contribution < -0.4 is 5.32 Å². The molecule has 0 amide bonds. The van der Waals surface area contributed by atoms with Gasteiger partial charge in [-0.2, -0.15) is 0 Å². The molecule has 0 saturated carbocycles. The number of thiazole rings is 1. The van der Waals surface area contributed by atoms with Crippen molar-refractivity contribution in [2.75, 3.05) is 7.11 Å². The number of aromatic nitrogens is 2. The van der Waals surface area contributed by atoms with Crippen LogP contribution in [0.3, 0.4) is 0 Å². The number of ether oxygens (including phenoxy) is 1. The van der Waals surface area contributed by atoms with Crippen molar-refractivity contribution >= 4 is 11.3 Å². The lowest BCUT2D eigenvalue weighted by atomic mass is 10.1. The molecule has 1 N–H and O–H groups in total. The Morgan fingerprint density at radius 3 is 2.55 bits per heavy atom. The number of rotatable bonds is 5. The summed E-state index contributed by atoms with van der Waals surface area (Å²) in [5, 5.41) is 4.52. The number of methoxy groups -OCH3 is 1. The van der Waals surface area contributed by atoms with Crippen molar-refractivity contribution in [2.45, 2.75) is 39.5 Å². The number of nitrogens with zero attached hydrogens (tertiary/aromatic N) is 2. The third-order valence-corrected chi connectivity index (χ3v) is 3.91. The van der Waals surface area contributed by atoms with Gasteiger partial charge in [-0.1, -0.05) is 0 Å². The van der Waals surface area contributed by atoms with Gasteiger partial charge in [0.15, 0.2) is 0 Å². The van der Waals surface area contributed by atoms with Crippen molar-refractivity contribution in [3.8, 4) is 10.6 Å². The second-order valence-corrected chi connectivity index (χ2v) is 6.74. The van der Waals surface area contributed by atoms with Gasteiger partial charge in [-0.05, 0) is 32.9 Å². The van der Waals surface area contributed by atoms with Crippen molar-refractivity contribution in [1.82, 2.24) is 15.3 Å². The van der Waals surface area contributed by atoms with E-state index in [0.717, 1.165) is 22.8 Å². The number of hydrogen-bond acceptors (Lipinski definition) is 5. The fourth-order valence-electron chi connectivity index (χ4n) is 1.73. The number of pyridine rings is 1. The van der Waals surface area contributed by atoms with E-state index >= 15 is 0 Å². The Labute approximate surface area is 124 Å². The number of nitrogens with one attached hydrogen (secondary N) is 1. The largest absolute Gasteiger partial charge is 0.378 e. The number of hydrogen-bond donors (Lipinski definition) is 1. The third-order valence-electron chi connectivity index (χ3n) is 2.77. The molecule has 2 aromatic heterocycles. The standard InChI is InChI=1S/C15H21N3OS/c1-15(2,3)17-9-13-12(10-19-4)18-14(20-13)11-5-7-16-8-6-11/h5-8,17H,9-10H2,1-4H3. The van der Waals surface area contributed by atoms with Gasteiger partial charge in [-0.25, -0.2) is 4.98 Å². The quantitative estimate of drug-likeness (QED) is 0.918. The summed E-state index contributed by atoms with van der Waals surface area (Å²) in [6, 6.07) is 3.97. The minimum atomic E-state index is 0.0885. The smallest absolute Gasteiger partial charge is 0.124 e. The summed E-state index contributed by atoms with van der Waals surface area (Å²) >= 11 is 1.71. The lowest BCUT2D eigenvalue weighted by Crippen LogP contribution is -2.35. The van der Waals surface area contributed by atoms with Crippen LogP contribution >= 0.6 is 11.3 Å². The molecule has 0 spiro atoms. The van der Waals surface area contributed by atoms with Gasteiger partial charge in [0.2, 0.25) is 0 Å². The maximum Gasteiger partial charge on any atom is 0.124 e. The molecule has 2 rings (SSSR count). The highest BCUT2D eigenvalue weighted by molar-refractivity contribution is 7.15. The maximum atomic E-state index is 5.25. The Hall–Kier alpha value is -1.30. The zero-order valence-corrected chi connectivity index (χ0v) is 13.3. The summed E-state index contributed by atoms with van der Waals surface area (Å²) in [5.41, 5.74) is 2.20. The molecule has 108 valence electrons. The van der Waals surface area contributed by atoms with Gasteiger partial charge in [0.25, 0.3) is 0 Å². The van der Waals surface area contributed by atoms with E-state index in [1.165, 1.54) is 4.88 Å². The first-order chi connectivity index (χ1) is 9.49. The molecule has 0 bridgehead atoms. The normalized spacial score (nSPS) is 11.8. The zero-order valence-electron chi connectivity index (χ0n) is 12.4. The van der Waals surface area contributed by atoms with Gasteiger partial charge in [0.1, 0.15) is 5.01 Å². The van der Waals surface area contributed by atoms with Crippen molar-refractivity contribution in [3.63, 3.8) is 0 Å². The van der Waals surface area contributed by atoms with Crippen LogP contribution in [-0.4, -0.2) is 22.6 Å². The van der Waals surface area contributed by atoms with Crippen molar-refractivity contribution < 1.29 is 4.74 Å². The minimum Gasteiger partial charge on any atom is -0.378 e. The first-order valence-corrected chi connectivity index (χ1v) is 7.44. The average Bonchev–Trinajstić information content (AvgIpc) is 2.80. The summed E-state index contributed by atoms with van der Waals surface area (Å²) in [4.78, 5) is 9.97. The lowest BCUT2D eigenvalue weighted by Gasteiger charge is -2.20. The highest BCUT2D eigenvalue weighted by Crippen LogP contribution is 2.28. The fourth-order valence-corrected chi connectivity index (χ4v) is 2.74. The highest BCUT2D eigenvalue weighted by Gasteiger charge is 2.15. The van der Waals surface area contributed by atoms with Crippen LogP contribution in [0.5, 0.6) is 0 Å². The zero-order chi connectivity index (χ0) is 14.6. The molecular formula is C15H21N3OS. The fraction of sp³-hybridized carbons (Fsp3) is 0.467. The summed E-state index contributed by atoms with van der Waals surface area (Å²) in [5.74, 6) is 0. The van der Waals surface area contributed by atoms with Crippen LogP contribution in [0.1, 0.15) is 31.3 Å². The van der Waals surface area contributed by atoms with Crippen LogP contribution in [0, 0.1) is 0 Å². The third kappa shape index (κ3) is 4.10. The molecule has 0 atom stereocenters. The van der Waals surface area contributed by atoms with E-state index in [0.29, 0.717) is 6.61 Å². The molecule has 2 aromatic rings. The molecule has 0 radical (unpaired) electrons. The predicted octanol–water partition coefficient (Wildman–Crippen LogP) is 3.24. The molecule has 4 nitrogen and oxygen atoms in total. The van der Waals surface area contributed by atoms with Gasteiger partial charge >= 0.3 is 0 Å². The lowest BCUT2D eigenvalue weighted by molar-refractivity contribution is 0.181. The van der Waals surface area contributed by atoms with Crippen LogP contribution in [0.15, 0.2) is 24.5 Å². The molecule has 0 fully saturated rings. The van der Waals surface area contributed by atoms with E-state index < -0.39 is 0 Å². The second kappa shape index (κ2) is 6.43. The van der Waals surface area contributed by atoms with Gasteiger partial charge in [-0.3, -0.25) is 4.98 Å². The van der Waals surface area contributed by atoms with E-state index in [-0.39, 0.29) is 5.54 Å². The summed E-state index contributed by atoms with van der Waals surface area (Å²) in [7, 11) is 1.70. The van der Waals surface area contributed by atoms with Crippen LogP contribution in [0.2, 0.25) is 0 Å². The summed E-state index contributed by atoms with van der Waals surface area (Å²) < 4.78 is 5.25. The Bertz CT molecular complexity index is 546. The monoisotopic (exact) mass is 291 g/mol. The van der Waals surface area contributed by atoms with E-state index in [9.17, 15) is 0 Å². The summed E-state index contributed by atoms with van der Waals surface area (Å²) in [6.07, 6.45) is 3.58. The molecule has 0 aliphatic carbocycles. The summed E-state index contributed by atoms with van der Waals surface area (Å²) in [6.45, 7) is 7.84. The van der Waals surface area contributed by atoms with Crippen molar-refractivity contribution in [3.05, 3.63) is 35.1 Å². The Balaban J connectivity index is 2.24. The Morgan fingerprint density at radius 2 is 1.95 bits per heavy atom. The van der Waals surface area contributed by atoms with Crippen LogP contribution in [0.25, 0.3) is 10.6 Å². The van der Waals surface area contributed by atoms with E-state index in [4.69, 9.17) is 9.72 Å². The van der Waals surface area contributed by atoms with E-state index in [1.807, 2.05) is 12.1 Å². The molecule has 0 aromatic carbocycles. The first kappa shape index (κ1) is 15.1. The van der Waals surface area contributed by atoms with E-state index in [1.54, 1.807) is 30.8 Å². The van der Waals surface area contributed by atoms with Gasteiger partial charge in [0, 0.05) is 42.0 Å². The van der Waals surface area contributed by atoms with Gasteiger partial charge in [0.05, 0.1) is 12.3 Å². The molecule has 0 unspecified atom stereocenters. The topological polar surface area (TPSA) is 47.0 Å². The predicted molar refractivity (Wildman–Crippen MR) is 82.7 cm³/mol. The molecule has 20 heavy (non-hydrogen) atoms. The Morgan fingerprint density at radius 1 is 1.25 bits per heavy atom. The molecule has 5 heteroatoms. The molecule has 0 aliphatic heterocycles. The van der Waals surface area contributed by atoms with Crippen molar-refractivity contribution in [2.24, 2.45) is 0 Å². The maximum absolute atomic E-state index is 5.25. The minimum absolute atomic E-state index is 0.0885. The molecule has 0 saturated heterocycles. The van der Waals surface area contributed by atoms with Crippen LogP contribution in [0.4, 0.5) is 0 Å². The van der Waals surface area contributed by atoms with Gasteiger partial charge < -0.3 is 10.1 Å². The average molecular weight is 291 g/mol. The SMILES string of the molecule is COCc1nc(-c2ccncc2)sc1CNC(C)(C)C. The highest BCUT2D eigenvalue weighted by atomic mass is 32.1.